The van der Waals surface area contributed by atoms with Gasteiger partial charge in [0.2, 0.25) is 5.91 Å². The van der Waals surface area contributed by atoms with Crippen LogP contribution in [0.5, 0.6) is 0 Å². The monoisotopic (exact) mass is 351 g/mol. The lowest BCUT2D eigenvalue weighted by atomic mass is 9.99. The van der Waals surface area contributed by atoms with Gasteiger partial charge in [0.1, 0.15) is 5.69 Å². The van der Waals surface area contributed by atoms with Crippen LogP contribution in [0.3, 0.4) is 0 Å². The van der Waals surface area contributed by atoms with Crippen LogP contribution in [0, 0.1) is 0 Å². The van der Waals surface area contributed by atoms with Crippen molar-refractivity contribution < 1.29 is 9.59 Å². The molecule has 1 atom stereocenters. The first-order valence-corrected chi connectivity index (χ1v) is 9.40. The number of likely N-dealkylation sites (tertiary alicyclic amines) is 1. The number of benzene rings is 1. The molecule has 2 aromatic rings. The van der Waals surface area contributed by atoms with E-state index in [9.17, 15) is 9.59 Å². The molecule has 5 nitrogen and oxygen atoms in total. The average molecular weight is 351 g/mol. The minimum Gasteiger partial charge on any atom is -0.342 e. The van der Waals surface area contributed by atoms with E-state index in [0.29, 0.717) is 5.69 Å². The van der Waals surface area contributed by atoms with Crippen molar-refractivity contribution in [2.24, 2.45) is 7.05 Å². The van der Waals surface area contributed by atoms with E-state index in [1.54, 1.807) is 6.92 Å². The smallest absolute Gasteiger partial charge is 0.274 e. The molecule has 2 amide bonds. The molecule has 26 heavy (non-hydrogen) atoms. The van der Waals surface area contributed by atoms with E-state index in [2.05, 4.69) is 6.07 Å². The molecule has 0 N–H and O–H groups in total. The normalized spacial score (nSPS) is 19.5. The molecule has 0 radical (unpaired) electrons. The molecule has 5 heteroatoms. The number of hydrogen-bond acceptors (Lipinski definition) is 2. The molecular formula is C21H25N3O2. The highest BCUT2D eigenvalue weighted by Crippen LogP contribution is 2.33. The number of aromatic nitrogens is 1. The van der Waals surface area contributed by atoms with Gasteiger partial charge in [0, 0.05) is 38.4 Å². The number of anilines is 1. The Bertz CT molecular complexity index is 855. The van der Waals surface area contributed by atoms with Crippen molar-refractivity contribution in [2.75, 3.05) is 18.0 Å². The molecule has 0 aliphatic carbocycles. The van der Waals surface area contributed by atoms with Crippen molar-refractivity contribution in [3.8, 4) is 0 Å². The highest BCUT2D eigenvalue weighted by atomic mass is 16.2. The third-order valence-electron chi connectivity index (χ3n) is 5.76. The maximum Gasteiger partial charge on any atom is 0.274 e. The number of carbonyl (C=O) groups excluding carboxylic acids is 2. The molecule has 2 aliphatic heterocycles. The van der Waals surface area contributed by atoms with Gasteiger partial charge >= 0.3 is 0 Å². The van der Waals surface area contributed by atoms with E-state index in [-0.39, 0.29) is 17.9 Å². The summed E-state index contributed by atoms with van der Waals surface area (Å²) in [7, 11) is 1.94. The molecule has 136 valence electrons. The van der Waals surface area contributed by atoms with Crippen molar-refractivity contribution in [3.63, 3.8) is 0 Å². The Morgan fingerprint density at radius 1 is 1.04 bits per heavy atom. The zero-order chi connectivity index (χ0) is 18.3. The molecule has 1 fully saturated rings. The zero-order valence-electron chi connectivity index (χ0n) is 15.4. The van der Waals surface area contributed by atoms with E-state index >= 15 is 0 Å². The van der Waals surface area contributed by atoms with Crippen LogP contribution < -0.4 is 4.90 Å². The average Bonchev–Trinajstić information content (AvgIpc) is 3.25. The van der Waals surface area contributed by atoms with Gasteiger partial charge in [-0.25, -0.2) is 0 Å². The second-order valence-electron chi connectivity index (χ2n) is 7.26. The number of hydrogen-bond donors (Lipinski definition) is 0. The Morgan fingerprint density at radius 3 is 2.65 bits per heavy atom. The second kappa shape index (κ2) is 6.63. The summed E-state index contributed by atoms with van der Waals surface area (Å²) >= 11 is 0. The minimum atomic E-state index is 0.0360. The Kier molecular flexibility index (Phi) is 4.31. The van der Waals surface area contributed by atoms with Gasteiger partial charge in [-0.1, -0.05) is 18.2 Å². The number of para-hydroxylation sites is 1. The summed E-state index contributed by atoms with van der Waals surface area (Å²) in [5, 5.41) is 0. The van der Waals surface area contributed by atoms with E-state index < -0.39 is 0 Å². The fourth-order valence-corrected chi connectivity index (χ4v) is 4.38. The lowest BCUT2D eigenvalue weighted by Gasteiger charge is -2.35. The van der Waals surface area contributed by atoms with Gasteiger partial charge in [-0.05, 0) is 49.4 Å². The van der Waals surface area contributed by atoms with Crippen LogP contribution in [0.1, 0.15) is 54.0 Å². The first-order chi connectivity index (χ1) is 12.6. The molecule has 2 aliphatic rings. The molecule has 0 saturated carbocycles. The maximum atomic E-state index is 13.2. The fourth-order valence-electron chi connectivity index (χ4n) is 4.38. The third kappa shape index (κ3) is 2.71. The fraction of sp³-hybridized carbons (Fsp3) is 0.429. The van der Waals surface area contributed by atoms with E-state index in [4.69, 9.17) is 0 Å². The predicted octanol–water partition coefficient (Wildman–Crippen LogP) is 3.30. The summed E-state index contributed by atoms with van der Waals surface area (Å²) in [4.78, 5) is 29.0. The summed E-state index contributed by atoms with van der Waals surface area (Å²) < 4.78 is 1.98. The SMILES string of the molecule is CC(=O)N1CCCCC1c1ccc(C(=O)N2CCc3ccccc32)n1C. The number of rotatable bonds is 2. The lowest BCUT2D eigenvalue weighted by molar-refractivity contribution is -0.132. The van der Waals surface area contributed by atoms with Crippen LogP contribution in [0.2, 0.25) is 0 Å². The van der Waals surface area contributed by atoms with Crippen molar-refractivity contribution in [1.29, 1.82) is 0 Å². The molecule has 0 spiro atoms. The van der Waals surface area contributed by atoms with Gasteiger partial charge in [-0.15, -0.1) is 0 Å². The molecule has 1 unspecified atom stereocenters. The Morgan fingerprint density at radius 2 is 1.85 bits per heavy atom. The summed E-state index contributed by atoms with van der Waals surface area (Å²) in [6, 6.07) is 12.1. The maximum absolute atomic E-state index is 13.2. The number of piperidine rings is 1. The summed E-state index contributed by atoms with van der Waals surface area (Å²) in [6.45, 7) is 3.16. The number of fused-ring (bicyclic) bond motifs is 1. The highest BCUT2D eigenvalue weighted by Gasteiger charge is 2.31. The molecule has 4 rings (SSSR count). The highest BCUT2D eigenvalue weighted by molar-refractivity contribution is 6.06. The molecule has 3 heterocycles. The molecule has 1 aromatic carbocycles. The van der Waals surface area contributed by atoms with Crippen LogP contribution >= 0.6 is 0 Å². The van der Waals surface area contributed by atoms with E-state index in [1.807, 2.05) is 51.7 Å². The standard InChI is InChI=1S/C21H25N3O2/c1-15(25)23-13-6-5-9-19(23)18-10-11-20(22(18)2)21(26)24-14-12-16-7-3-4-8-17(16)24/h3-4,7-8,10-11,19H,5-6,9,12-14H2,1-2H3. The molecule has 1 saturated heterocycles. The van der Waals surface area contributed by atoms with Crippen molar-refractivity contribution >= 4 is 17.5 Å². The molecular weight excluding hydrogens is 326 g/mol. The first-order valence-electron chi connectivity index (χ1n) is 9.40. The van der Waals surface area contributed by atoms with Crippen LogP contribution in [-0.2, 0) is 18.3 Å². The minimum absolute atomic E-state index is 0.0360. The van der Waals surface area contributed by atoms with Gasteiger partial charge in [-0.2, -0.15) is 0 Å². The van der Waals surface area contributed by atoms with Gasteiger partial charge in [0.05, 0.1) is 6.04 Å². The summed E-state index contributed by atoms with van der Waals surface area (Å²) in [5.74, 6) is 0.145. The lowest BCUT2D eigenvalue weighted by Crippen LogP contribution is -2.38. The number of carbonyl (C=O) groups is 2. The second-order valence-corrected chi connectivity index (χ2v) is 7.26. The van der Waals surface area contributed by atoms with E-state index in [0.717, 1.165) is 50.2 Å². The molecule has 0 bridgehead atoms. The van der Waals surface area contributed by atoms with Crippen molar-refractivity contribution in [3.05, 3.63) is 53.3 Å². The van der Waals surface area contributed by atoms with E-state index in [1.165, 1.54) is 5.56 Å². The Hall–Kier alpha value is -2.56. The zero-order valence-corrected chi connectivity index (χ0v) is 15.4. The van der Waals surface area contributed by atoms with Crippen molar-refractivity contribution in [1.82, 2.24) is 9.47 Å². The van der Waals surface area contributed by atoms with Gasteiger partial charge in [-0.3, -0.25) is 9.59 Å². The van der Waals surface area contributed by atoms with Crippen LogP contribution in [0.25, 0.3) is 0 Å². The first kappa shape index (κ1) is 16.9. The topological polar surface area (TPSA) is 45.6 Å². The number of nitrogens with zero attached hydrogens (tertiary/aromatic N) is 3. The van der Waals surface area contributed by atoms with Crippen LogP contribution in [-0.4, -0.2) is 34.4 Å². The quantitative estimate of drug-likeness (QED) is 0.833. The van der Waals surface area contributed by atoms with Gasteiger partial charge in [0.25, 0.3) is 5.91 Å². The Labute approximate surface area is 154 Å². The predicted molar refractivity (Wildman–Crippen MR) is 101 cm³/mol. The van der Waals surface area contributed by atoms with Crippen LogP contribution in [0.15, 0.2) is 36.4 Å². The summed E-state index contributed by atoms with van der Waals surface area (Å²) in [6.07, 6.45) is 4.02. The summed E-state index contributed by atoms with van der Waals surface area (Å²) in [5.41, 5.74) is 3.98. The van der Waals surface area contributed by atoms with Gasteiger partial charge < -0.3 is 14.4 Å². The number of amides is 2. The van der Waals surface area contributed by atoms with Crippen molar-refractivity contribution in [2.45, 2.75) is 38.6 Å². The Balaban J connectivity index is 1.63. The largest absolute Gasteiger partial charge is 0.342 e. The van der Waals surface area contributed by atoms with Crippen LogP contribution in [0.4, 0.5) is 5.69 Å². The van der Waals surface area contributed by atoms with Gasteiger partial charge in [0.15, 0.2) is 0 Å². The third-order valence-corrected chi connectivity index (χ3v) is 5.76. The molecule has 1 aromatic heterocycles.